The van der Waals surface area contributed by atoms with E-state index < -0.39 is 0 Å². The number of halogens is 1. The molecule has 0 unspecified atom stereocenters. The van der Waals surface area contributed by atoms with Gasteiger partial charge in [-0.1, -0.05) is 0 Å². The van der Waals surface area contributed by atoms with Gasteiger partial charge in [0.2, 0.25) is 0 Å². The summed E-state index contributed by atoms with van der Waals surface area (Å²) in [5.41, 5.74) is 0. The molecule has 0 fully saturated rings. The predicted molar refractivity (Wildman–Crippen MR) is 50.5 cm³/mol. The second-order valence-electron chi connectivity index (χ2n) is 1.95. The molecule has 0 aromatic heterocycles. The molecule has 1 aromatic carbocycles. The molecule has 0 spiro atoms. The zero-order chi connectivity index (χ0) is 8.10. The predicted octanol–water partition coefficient (Wildman–Crippen LogP) is 1.72. The van der Waals surface area contributed by atoms with E-state index in [0.717, 1.165) is 10.3 Å². The minimum atomic E-state index is 0.416. The van der Waals surface area contributed by atoms with Crippen molar-refractivity contribution in [3.8, 4) is 12.3 Å². The van der Waals surface area contributed by atoms with Gasteiger partial charge in [0.15, 0.2) is 0 Å². The second-order valence-corrected chi connectivity index (χ2v) is 4.58. The van der Waals surface area contributed by atoms with Crippen molar-refractivity contribution in [3.05, 3.63) is 29.3 Å². The van der Waals surface area contributed by atoms with Gasteiger partial charge in [0.1, 0.15) is 0 Å². The third-order valence-electron chi connectivity index (χ3n) is 1.14. The molecule has 0 nitrogen and oxygen atoms in total. The van der Waals surface area contributed by atoms with E-state index in [-0.39, 0.29) is 0 Å². The molecule has 0 bridgehead atoms. The molecule has 0 aliphatic heterocycles. The fourth-order valence-corrected chi connectivity index (χ4v) is 2.00. The van der Waals surface area contributed by atoms with E-state index in [0.29, 0.717) is 15.0 Å². The molecule has 0 saturated carbocycles. The Kier molecular flexibility index (Phi) is 3.52. The average molecular weight is 230 g/mol. The summed E-state index contributed by atoms with van der Waals surface area (Å²) in [6.07, 6.45) is 5.15. The maximum atomic E-state index is 5.71. The molecule has 0 radical (unpaired) electrons. The Labute approximate surface area is 78.1 Å². The molecular formula is C9H7ClSe. The van der Waals surface area contributed by atoms with Gasteiger partial charge in [0, 0.05) is 0 Å². The molecule has 0 saturated heterocycles. The molecule has 0 atom stereocenters. The minimum absolute atomic E-state index is 0.416. The van der Waals surface area contributed by atoms with Crippen molar-refractivity contribution in [1.82, 2.24) is 0 Å². The van der Waals surface area contributed by atoms with Gasteiger partial charge in [-0.05, 0) is 0 Å². The Morgan fingerprint density at radius 2 is 2.00 bits per heavy atom. The van der Waals surface area contributed by atoms with E-state index in [1.807, 2.05) is 24.3 Å². The molecular weight excluding hydrogens is 223 g/mol. The van der Waals surface area contributed by atoms with Crippen molar-refractivity contribution in [2.45, 2.75) is 5.32 Å². The Bertz CT molecular complexity index is 258. The van der Waals surface area contributed by atoms with Gasteiger partial charge in [0.25, 0.3) is 0 Å². The van der Waals surface area contributed by atoms with Crippen LogP contribution < -0.4 is 4.46 Å². The van der Waals surface area contributed by atoms with Crippen molar-refractivity contribution < 1.29 is 0 Å². The number of rotatable bonds is 2. The van der Waals surface area contributed by atoms with E-state index in [9.17, 15) is 0 Å². The average Bonchev–Trinajstić information content (AvgIpc) is 2.04. The molecule has 11 heavy (non-hydrogen) atoms. The van der Waals surface area contributed by atoms with Crippen LogP contribution >= 0.6 is 11.6 Å². The van der Waals surface area contributed by atoms with Gasteiger partial charge in [-0.2, -0.15) is 0 Å². The van der Waals surface area contributed by atoms with Crippen LogP contribution in [0.4, 0.5) is 0 Å². The van der Waals surface area contributed by atoms with Gasteiger partial charge in [0.05, 0.1) is 0 Å². The first-order chi connectivity index (χ1) is 5.33. The maximum absolute atomic E-state index is 5.71. The molecule has 0 N–H and O–H groups in total. The molecule has 0 amide bonds. The number of hydrogen-bond acceptors (Lipinski definition) is 0. The SMILES string of the molecule is C#CC[Se]c1ccc(Cl)cc1. The fraction of sp³-hybridized carbons (Fsp3) is 0.111. The van der Waals surface area contributed by atoms with Gasteiger partial charge in [-0.25, -0.2) is 0 Å². The van der Waals surface area contributed by atoms with Gasteiger partial charge in [-0.3, -0.25) is 0 Å². The van der Waals surface area contributed by atoms with Crippen LogP contribution in [0.1, 0.15) is 0 Å². The van der Waals surface area contributed by atoms with Gasteiger partial charge >= 0.3 is 78.0 Å². The van der Waals surface area contributed by atoms with Crippen molar-refractivity contribution >= 4 is 31.0 Å². The van der Waals surface area contributed by atoms with Crippen LogP contribution in [-0.2, 0) is 0 Å². The first-order valence-corrected chi connectivity index (χ1v) is 5.59. The van der Waals surface area contributed by atoms with Crippen molar-refractivity contribution in [2.75, 3.05) is 0 Å². The van der Waals surface area contributed by atoms with Crippen LogP contribution in [0.15, 0.2) is 24.3 Å². The third-order valence-corrected chi connectivity index (χ3v) is 3.31. The van der Waals surface area contributed by atoms with Crippen molar-refractivity contribution in [1.29, 1.82) is 0 Å². The summed E-state index contributed by atoms with van der Waals surface area (Å²) in [5.74, 6) is 2.63. The Balaban J connectivity index is 2.60. The molecule has 1 rings (SSSR count). The first kappa shape index (κ1) is 8.68. The summed E-state index contributed by atoms with van der Waals surface area (Å²) in [7, 11) is 0. The van der Waals surface area contributed by atoms with Gasteiger partial charge in [-0.15, -0.1) is 0 Å². The monoisotopic (exact) mass is 230 g/mol. The summed E-state index contributed by atoms with van der Waals surface area (Å²) >= 11 is 6.13. The Hall–Kier alpha value is -0.411. The van der Waals surface area contributed by atoms with E-state index in [4.69, 9.17) is 18.0 Å². The standard InChI is InChI=1S/C9H7ClSe/c1-2-7-11-9-5-3-8(10)4-6-9/h1,3-6H,7H2. The zero-order valence-electron chi connectivity index (χ0n) is 5.88. The normalized spacial score (nSPS) is 9.09. The molecule has 0 aliphatic carbocycles. The van der Waals surface area contributed by atoms with Crippen LogP contribution in [-0.4, -0.2) is 15.0 Å². The quantitative estimate of drug-likeness (QED) is 0.535. The van der Waals surface area contributed by atoms with E-state index in [1.54, 1.807) is 0 Å². The number of benzene rings is 1. The topological polar surface area (TPSA) is 0 Å². The van der Waals surface area contributed by atoms with Gasteiger partial charge < -0.3 is 0 Å². The summed E-state index contributed by atoms with van der Waals surface area (Å²) in [4.78, 5) is 0. The molecule has 0 heterocycles. The van der Waals surface area contributed by atoms with E-state index in [2.05, 4.69) is 5.92 Å². The first-order valence-electron chi connectivity index (χ1n) is 3.15. The zero-order valence-corrected chi connectivity index (χ0v) is 8.35. The van der Waals surface area contributed by atoms with Crippen LogP contribution in [0.25, 0.3) is 0 Å². The molecule has 1 aromatic rings. The molecule has 2 heteroatoms. The van der Waals surface area contributed by atoms with Crippen LogP contribution in [0.5, 0.6) is 0 Å². The van der Waals surface area contributed by atoms with Crippen molar-refractivity contribution in [3.63, 3.8) is 0 Å². The summed E-state index contributed by atoms with van der Waals surface area (Å²) < 4.78 is 1.31. The van der Waals surface area contributed by atoms with Crippen LogP contribution in [0, 0.1) is 12.3 Å². The molecule has 56 valence electrons. The van der Waals surface area contributed by atoms with E-state index >= 15 is 0 Å². The van der Waals surface area contributed by atoms with Crippen LogP contribution in [0.2, 0.25) is 10.3 Å². The molecule has 0 aliphatic rings. The number of hydrogen-bond donors (Lipinski definition) is 0. The Morgan fingerprint density at radius 3 is 2.55 bits per heavy atom. The summed E-state index contributed by atoms with van der Waals surface area (Å²) in [5, 5.41) is 1.64. The summed E-state index contributed by atoms with van der Waals surface area (Å²) in [6.45, 7) is 0. The van der Waals surface area contributed by atoms with Crippen LogP contribution in [0.3, 0.4) is 0 Å². The third kappa shape index (κ3) is 2.99. The number of terminal acetylenes is 1. The fourth-order valence-electron chi connectivity index (χ4n) is 0.656. The summed E-state index contributed by atoms with van der Waals surface area (Å²) in [6, 6.07) is 7.85. The van der Waals surface area contributed by atoms with Crippen molar-refractivity contribution in [2.24, 2.45) is 0 Å². The second kappa shape index (κ2) is 4.46. The van der Waals surface area contributed by atoms with E-state index in [1.165, 1.54) is 4.46 Å². The Morgan fingerprint density at radius 1 is 1.36 bits per heavy atom.